The molecule has 0 aliphatic carbocycles. The van der Waals surface area contributed by atoms with E-state index in [0.29, 0.717) is 0 Å². The molecule has 74 valence electrons. The molecule has 0 bridgehead atoms. The number of hydrogen-bond acceptors (Lipinski definition) is 4. The van der Waals surface area contributed by atoms with Crippen LogP contribution in [0.25, 0.3) is 10.2 Å². The summed E-state index contributed by atoms with van der Waals surface area (Å²) in [6.07, 6.45) is 0. The van der Waals surface area contributed by atoms with Gasteiger partial charge in [-0.15, -0.1) is 11.3 Å². The van der Waals surface area contributed by atoms with Crippen molar-refractivity contribution in [2.24, 2.45) is 0 Å². The van der Waals surface area contributed by atoms with Gasteiger partial charge in [-0.1, -0.05) is 0 Å². The van der Waals surface area contributed by atoms with Crippen molar-refractivity contribution >= 4 is 32.9 Å². The Hall–Kier alpha value is -1.29. The molecule has 4 heteroatoms. The molecular weight excluding hydrogens is 194 g/mol. The molecule has 0 atom stereocenters. The van der Waals surface area contributed by atoms with E-state index in [2.05, 4.69) is 9.88 Å². The Balaban J connectivity index is 2.81. The highest BCUT2D eigenvalue weighted by molar-refractivity contribution is 7.19. The molecule has 1 aromatic carbocycles. The predicted octanol–water partition coefficient (Wildman–Crippen LogP) is 2.25. The number of benzene rings is 1. The quantitative estimate of drug-likeness (QED) is 0.729. The van der Waals surface area contributed by atoms with Gasteiger partial charge in [0.2, 0.25) is 0 Å². The van der Waals surface area contributed by atoms with Gasteiger partial charge in [0.25, 0.3) is 0 Å². The van der Waals surface area contributed by atoms with Gasteiger partial charge >= 0.3 is 0 Å². The molecule has 0 unspecified atom stereocenters. The van der Waals surface area contributed by atoms with Gasteiger partial charge in [0.1, 0.15) is 5.52 Å². The van der Waals surface area contributed by atoms with Crippen LogP contribution in [0.5, 0.6) is 0 Å². The molecular formula is C10H13N3S. The number of aromatic nitrogens is 1. The van der Waals surface area contributed by atoms with Gasteiger partial charge in [-0.25, -0.2) is 4.98 Å². The fraction of sp³-hybridized carbons (Fsp3) is 0.300. The van der Waals surface area contributed by atoms with Gasteiger partial charge < -0.3 is 10.6 Å². The minimum atomic E-state index is 0.759. The Kier molecular flexibility index (Phi) is 2.07. The zero-order valence-electron chi connectivity index (χ0n) is 8.53. The molecule has 2 N–H and O–H groups in total. The van der Waals surface area contributed by atoms with Crippen molar-refractivity contribution in [1.29, 1.82) is 0 Å². The number of aryl methyl sites for hydroxylation is 1. The van der Waals surface area contributed by atoms with Crippen LogP contribution < -0.4 is 10.6 Å². The molecule has 0 saturated heterocycles. The first-order valence-corrected chi connectivity index (χ1v) is 5.24. The monoisotopic (exact) mass is 207 g/mol. The van der Waals surface area contributed by atoms with E-state index in [-0.39, 0.29) is 0 Å². The van der Waals surface area contributed by atoms with Crippen molar-refractivity contribution in [2.45, 2.75) is 6.92 Å². The Morgan fingerprint density at radius 1 is 1.36 bits per heavy atom. The second-order valence-corrected chi connectivity index (χ2v) is 4.68. The summed E-state index contributed by atoms with van der Waals surface area (Å²) in [6.45, 7) is 2.00. The lowest BCUT2D eigenvalue weighted by molar-refractivity contribution is 1.14. The van der Waals surface area contributed by atoms with Crippen molar-refractivity contribution in [1.82, 2.24) is 4.98 Å². The Morgan fingerprint density at radius 2 is 2.07 bits per heavy atom. The van der Waals surface area contributed by atoms with Gasteiger partial charge in [-0.2, -0.15) is 0 Å². The average Bonchev–Trinajstić information content (AvgIpc) is 2.47. The highest BCUT2D eigenvalue weighted by Gasteiger charge is 2.09. The minimum Gasteiger partial charge on any atom is -0.397 e. The maximum Gasteiger partial charge on any atom is 0.107 e. The largest absolute Gasteiger partial charge is 0.397 e. The second kappa shape index (κ2) is 3.13. The maximum absolute atomic E-state index is 5.86. The van der Waals surface area contributed by atoms with Gasteiger partial charge in [0.05, 0.1) is 21.1 Å². The Labute approximate surface area is 87.2 Å². The van der Waals surface area contributed by atoms with Crippen LogP contribution in [0, 0.1) is 6.92 Å². The lowest BCUT2D eigenvalue weighted by atomic mass is 10.2. The molecule has 0 radical (unpaired) electrons. The van der Waals surface area contributed by atoms with Crippen LogP contribution in [0.1, 0.15) is 5.01 Å². The normalized spacial score (nSPS) is 10.8. The summed E-state index contributed by atoms with van der Waals surface area (Å²) >= 11 is 1.69. The molecule has 1 aromatic heterocycles. The SMILES string of the molecule is Cc1nc2c(N)ccc(N(C)C)c2s1. The third kappa shape index (κ3) is 1.32. The average molecular weight is 207 g/mol. The zero-order valence-corrected chi connectivity index (χ0v) is 9.35. The summed E-state index contributed by atoms with van der Waals surface area (Å²) in [7, 11) is 4.06. The number of anilines is 2. The van der Waals surface area contributed by atoms with E-state index in [1.54, 1.807) is 11.3 Å². The summed E-state index contributed by atoms with van der Waals surface area (Å²) in [5, 5.41) is 1.06. The summed E-state index contributed by atoms with van der Waals surface area (Å²) < 4.78 is 1.17. The van der Waals surface area contributed by atoms with Crippen LogP contribution in [0.15, 0.2) is 12.1 Å². The fourth-order valence-corrected chi connectivity index (χ4v) is 2.52. The van der Waals surface area contributed by atoms with Crippen molar-refractivity contribution in [2.75, 3.05) is 24.7 Å². The van der Waals surface area contributed by atoms with Crippen LogP contribution in [-0.2, 0) is 0 Å². The summed E-state index contributed by atoms with van der Waals surface area (Å²) in [5.74, 6) is 0. The molecule has 0 aliphatic rings. The van der Waals surface area contributed by atoms with Crippen molar-refractivity contribution in [3.63, 3.8) is 0 Å². The van der Waals surface area contributed by atoms with E-state index in [0.717, 1.165) is 16.2 Å². The number of hydrogen-bond donors (Lipinski definition) is 1. The first-order valence-electron chi connectivity index (χ1n) is 4.42. The van der Waals surface area contributed by atoms with Crippen LogP contribution in [-0.4, -0.2) is 19.1 Å². The zero-order chi connectivity index (χ0) is 10.3. The molecule has 3 nitrogen and oxygen atoms in total. The molecule has 0 aliphatic heterocycles. The van der Waals surface area contributed by atoms with E-state index in [1.807, 2.05) is 33.2 Å². The van der Waals surface area contributed by atoms with Crippen molar-refractivity contribution < 1.29 is 0 Å². The van der Waals surface area contributed by atoms with Crippen LogP contribution >= 0.6 is 11.3 Å². The molecule has 0 spiro atoms. The fourth-order valence-electron chi connectivity index (χ4n) is 1.47. The molecule has 1 heterocycles. The lowest BCUT2D eigenvalue weighted by Gasteiger charge is -2.13. The molecule has 2 aromatic rings. The van der Waals surface area contributed by atoms with E-state index >= 15 is 0 Å². The molecule has 0 saturated carbocycles. The van der Waals surface area contributed by atoms with Gasteiger partial charge in [0, 0.05) is 14.1 Å². The first-order chi connectivity index (χ1) is 6.59. The van der Waals surface area contributed by atoms with E-state index in [9.17, 15) is 0 Å². The van der Waals surface area contributed by atoms with Crippen molar-refractivity contribution in [3.8, 4) is 0 Å². The van der Waals surface area contributed by atoms with E-state index in [4.69, 9.17) is 5.73 Å². The molecule has 0 amide bonds. The third-order valence-corrected chi connectivity index (χ3v) is 3.14. The highest BCUT2D eigenvalue weighted by atomic mass is 32.1. The second-order valence-electron chi connectivity index (χ2n) is 3.48. The maximum atomic E-state index is 5.86. The predicted molar refractivity (Wildman–Crippen MR) is 63.1 cm³/mol. The summed E-state index contributed by atoms with van der Waals surface area (Å²) in [5.41, 5.74) is 8.73. The smallest absolute Gasteiger partial charge is 0.107 e. The Bertz CT molecular complexity index is 473. The number of nitrogen functional groups attached to an aromatic ring is 1. The minimum absolute atomic E-state index is 0.759. The van der Waals surface area contributed by atoms with Gasteiger partial charge in [-0.3, -0.25) is 0 Å². The van der Waals surface area contributed by atoms with E-state index in [1.165, 1.54) is 10.4 Å². The topological polar surface area (TPSA) is 42.1 Å². The lowest BCUT2D eigenvalue weighted by Crippen LogP contribution is -2.08. The molecule has 0 fully saturated rings. The third-order valence-electron chi connectivity index (χ3n) is 2.14. The Morgan fingerprint density at radius 3 is 2.71 bits per heavy atom. The number of thiazole rings is 1. The van der Waals surface area contributed by atoms with Crippen LogP contribution in [0.4, 0.5) is 11.4 Å². The summed E-state index contributed by atoms with van der Waals surface area (Å²) in [6, 6.07) is 3.95. The van der Waals surface area contributed by atoms with Gasteiger partial charge in [-0.05, 0) is 19.1 Å². The number of fused-ring (bicyclic) bond motifs is 1. The molecule has 14 heavy (non-hydrogen) atoms. The highest BCUT2D eigenvalue weighted by Crippen LogP contribution is 2.34. The standard InChI is InChI=1S/C10H13N3S/c1-6-12-9-7(11)4-5-8(13(2)3)10(9)14-6/h4-5H,11H2,1-3H3. The number of nitrogens with zero attached hydrogens (tertiary/aromatic N) is 2. The van der Waals surface area contributed by atoms with Gasteiger partial charge in [0.15, 0.2) is 0 Å². The first kappa shape index (κ1) is 9.27. The van der Waals surface area contributed by atoms with E-state index < -0.39 is 0 Å². The number of nitrogens with two attached hydrogens (primary N) is 1. The van der Waals surface area contributed by atoms with Crippen molar-refractivity contribution in [3.05, 3.63) is 17.1 Å². The molecule has 2 rings (SSSR count). The van der Waals surface area contributed by atoms with Crippen LogP contribution in [0.3, 0.4) is 0 Å². The van der Waals surface area contributed by atoms with Crippen LogP contribution in [0.2, 0.25) is 0 Å². The number of rotatable bonds is 1. The summed E-state index contributed by atoms with van der Waals surface area (Å²) in [4.78, 5) is 6.51.